The molecule has 0 N–H and O–H groups in total. The van der Waals surface area contributed by atoms with Crippen LogP contribution in [0.5, 0.6) is 5.75 Å². The van der Waals surface area contributed by atoms with E-state index in [9.17, 15) is 9.59 Å². The van der Waals surface area contributed by atoms with E-state index in [4.69, 9.17) is 9.47 Å². The van der Waals surface area contributed by atoms with Crippen LogP contribution >= 0.6 is 0 Å². The molecule has 0 aromatic heterocycles. The lowest BCUT2D eigenvalue weighted by Crippen LogP contribution is -2.23. The van der Waals surface area contributed by atoms with Gasteiger partial charge in [-0.15, -0.1) is 0 Å². The standard InChI is InChI=1S/C20H21NO5/c1-24-17-6-4-5-15(11-17)12-18(20(23)26-3)21-13-14-7-9-16(10-8-14)19(22)25-2/h4-11,13,18H,12H2,1-3H3/t18-/m1/s1. The molecule has 0 unspecified atom stereocenters. The lowest BCUT2D eigenvalue weighted by Gasteiger charge is -2.11. The first-order valence-corrected chi connectivity index (χ1v) is 7.99. The second kappa shape index (κ2) is 9.36. The number of ether oxygens (including phenoxy) is 3. The van der Waals surface area contributed by atoms with Crippen LogP contribution in [0.3, 0.4) is 0 Å². The molecule has 26 heavy (non-hydrogen) atoms. The van der Waals surface area contributed by atoms with Crippen LogP contribution in [0.25, 0.3) is 0 Å². The van der Waals surface area contributed by atoms with E-state index in [2.05, 4.69) is 9.73 Å². The molecule has 2 rings (SSSR count). The zero-order valence-electron chi connectivity index (χ0n) is 15.0. The number of nitrogens with zero attached hydrogens (tertiary/aromatic N) is 1. The summed E-state index contributed by atoms with van der Waals surface area (Å²) in [5, 5.41) is 0. The molecule has 6 nitrogen and oxygen atoms in total. The van der Waals surface area contributed by atoms with E-state index < -0.39 is 18.0 Å². The minimum absolute atomic E-state index is 0.390. The monoisotopic (exact) mass is 355 g/mol. The number of hydrogen-bond acceptors (Lipinski definition) is 6. The van der Waals surface area contributed by atoms with Crippen LogP contribution in [0.15, 0.2) is 53.5 Å². The second-order valence-corrected chi connectivity index (χ2v) is 5.49. The number of methoxy groups -OCH3 is 3. The van der Waals surface area contributed by atoms with Crippen LogP contribution in [-0.4, -0.2) is 45.5 Å². The molecule has 0 heterocycles. The van der Waals surface area contributed by atoms with Gasteiger partial charge in [0.25, 0.3) is 0 Å². The van der Waals surface area contributed by atoms with Crippen molar-refractivity contribution in [1.29, 1.82) is 0 Å². The van der Waals surface area contributed by atoms with Crippen LogP contribution in [-0.2, 0) is 20.7 Å². The molecule has 0 saturated carbocycles. The fourth-order valence-corrected chi connectivity index (χ4v) is 2.35. The highest BCUT2D eigenvalue weighted by Gasteiger charge is 2.18. The van der Waals surface area contributed by atoms with Crippen molar-refractivity contribution in [2.75, 3.05) is 21.3 Å². The molecule has 136 valence electrons. The summed E-state index contributed by atoms with van der Waals surface area (Å²) in [6.07, 6.45) is 1.98. The number of benzene rings is 2. The Kier molecular flexibility index (Phi) is 6.91. The number of carbonyl (C=O) groups excluding carboxylic acids is 2. The molecule has 0 aliphatic heterocycles. The summed E-state index contributed by atoms with van der Waals surface area (Å²) in [5.41, 5.74) is 2.13. The Labute approximate surface area is 152 Å². The number of esters is 2. The Morgan fingerprint density at radius 2 is 1.77 bits per heavy atom. The zero-order valence-corrected chi connectivity index (χ0v) is 15.0. The normalized spacial score (nSPS) is 11.8. The maximum absolute atomic E-state index is 12.0. The van der Waals surface area contributed by atoms with Gasteiger partial charge in [-0.1, -0.05) is 24.3 Å². The fourth-order valence-electron chi connectivity index (χ4n) is 2.35. The number of aliphatic imine (C=N–C) groups is 1. The van der Waals surface area contributed by atoms with Gasteiger partial charge in [-0.25, -0.2) is 9.59 Å². The van der Waals surface area contributed by atoms with Crippen molar-refractivity contribution in [3.63, 3.8) is 0 Å². The molecule has 0 aliphatic carbocycles. The summed E-state index contributed by atoms with van der Waals surface area (Å²) in [6, 6.07) is 13.5. The average Bonchev–Trinajstić information content (AvgIpc) is 2.70. The zero-order chi connectivity index (χ0) is 18.9. The van der Waals surface area contributed by atoms with E-state index in [0.717, 1.165) is 11.1 Å². The van der Waals surface area contributed by atoms with Gasteiger partial charge in [-0.3, -0.25) is 4.99 Å². The quantitative estimate of drug-likeness (QED) is 0.564. The van der Waals surface area contributed by atoms with E-state index in [-0.39, 0.29) is 0 Å². The third kappa shape index (κ3) is 5.17. The van der Waals surface area contributed by atoms with E-state index >= 15 is 0 Å². The van der Waals surface area contributed by atoms with Crippen molar-refractivity contribution in [1.82, 2.24) is 0 Å². The van der Waals surface area contributed by atoms with Crippen LogP contribution in [0.1, 0.15) is 21.5 Å². The predicted octanol–water partition coefficient (Wildman–Crippen LogP) is 2.69. The SMILES string of the molecule is COC(=O)c1ccc(C=N[C@H](Cc2cccc(OC)c2)C(=O)OC)cc1. The van der Waals surface area contributed by atoms with Gasteiger partial charge in [-0.05, 0) is 35.4 Å². The van der Waals surface area contributed by atoms with Gasteiger partial charge in [0.2, 0.25) is 0 Å². The Morgan fingerprint density at radius 3 is 2.38 bits per heavy atom. The Morgan fingerprint density at radius 1 is 1.04 bits per heavy atom. The van der Waals surface area contributed by atoms with Crippen molar-refractivity contribution in [3.8, 4) is 5.75 Å². The van der Waals surface area contributed by atoms with Crippen LogP contribution in [0.4, 0.5) is 0 Å². The molecule has 0 bridgehead atoms. The first kappa shape index (κ1) is 19.2. The largest absolute Gasteiger partial charge is 0.497 e. The minimum atomic E-state index is -0.674. The van der Waals surface area contributed by atoms with Crippen molar-refractivity contribution >= 4 is 18.2 Å². The molecule has 0 aliphatic rings. The van der Waals surface area contributed by atoms with Gasteiger partial charge in [0.05, 0.1) is 26.9 Å². The van der Waals surface area contributed by atoms with Crippen molar-refractivity contribution < 1.29 is 23.8 Å². The molecule has 1 atom stereocenters. The lowest BCUT2D eigenvalue weighted by molar-refractivity contribution is -0.142. The van der Waals surface area contributed by atoms with Crippen LogP contribution < -0.4 is 4.74 Å². The maximum atomic E-state index is 12.0. The predicted molar refractivity (Wildman–Crippen MR) is 97.9 cm³/mol. The Bertz CT molecular complexity index is 783. The summed E-state index contributed by atoms with van der Waals surface area (Å²) in [6.45, 7) is 0. The third-order valence-electron chi connectivity index (χ3n) is 3.77. The molecule has 0 amide bonds. The molecule has 0 radical (unpaired) electrons. The van der Waals surface area contributed by atoms with Crippen LogP contribution in [0.2, 0.25) is 0 Å². The number of hydrogen-bond donors (Lipinski definition) is 0. The molecule has 0 fully saturated rings. The summed E-state index contributed by atoms with van der Waals surface area (Å²) < 4.78 is 14.7. The summed E-state index contributed by atoms with van der Waals surface area (Å²) in [4.78, 5) is 27.8. The highest BCUT2D eigenvalue weighted by atomic mass is 16.5. The highest BCUT2D eigenvalue weighted by molar-refractivity contribution is 5.91. The van der Waals surface area contributed by atoms with Gasteiger partial charge in [0.15, 0.2) is 6.04 Å². The summed E-state index contributed by atoms with van der Waals surface area (Å²) in [7, 11) is 4.26. The molecule has 2 aromatic rings. The van der Waals surface area contributed by atoms with Crippen LogP contribution in [0, 0.1) is 0 Å². The first-order valence-electron chi connectivity index (χ1n) is 7.99. The van der Waals surface area contributed by atoms with E-state index in [0.29, 0.717) is 17.7 Å². The van der Waals surface area contributed by atoms with E-state index in [1.807, 2.05) is 24.3 Å². The average molecular weight is 355 g/mol. The van der Waals surface area contributed by atoms with Crippen molar-refractivity contribution in [2.24, 2.45) is 4.99 Å². The smallest absolute Gasteiger partial charge is 0.337 e. The molecular weight excluding hydrogens is 334 g/mol. The lowest BCUT2D eigenvalue weighted by atomic mass is 10.1. The van der Waals surface area contributed by atoms with Crippen molar-refractivity contribution in [2.45, 2.75) is 12.5 Å². The molecule has 6 heteroatoms. The van der Waals surface area contributed by atoms with Gasteiger partial charge >= 0.3 is 11.9 Å². The van der Waals surface area contributed by atoms with E-state index in [1.165, 1.54) is 14.2 Å². The van der Waals surface area contributed by atoms with E-state index in [1.54, 1.807) is 37.6 Å². The van der Waals surface area contributed by atoms with Crippen molar-refractivity contribution in [3.05, 3.63) is 65.2 Å². The Balaban J connectivity index is 2.15. The first-order chi connectivity index (χ1) is 12.6. The second-order valence-electron chi connectivity index (χ2n) is 5.49. The summed E-state index contributed by atoms with van der Waals surface area (Å²) in [5.74, 6) is -0.109. The fraction of sp³-hybridized carbons (Fsp3) is 0.250. The minimum Gasteiger partial charge on any atom is -0.497 e. The molecule has 0 saturated heterocycles. The van der Waals surface area contributed by atoms with Gasteiger partial charge in [0.1, 0.15) is 5.75 Å². The molecular formula is C20H21NO5. The molecule has 0 spiro atoms. The number of rotatable bonds is 7. The highest BCUT2D eigenvalue weighted by Crippen LogP contribution is 2.15. The third-order valence-corrected chi connectivity index (χ3v) is 3.77. The maximum Gasteiger partial charge on any atom is 0.337 e. The van der Waals surface area contributed by atoms with Gasteiger partial charge < -0.3 is 14.2 Å². The number of carbonyl (C=O) groups is 2. The summed E-state index contributed by atoms with van der Waals surface area (Å²) >= 11 is 0. The Hall–Kier alpha value is -3.15. The van der Waals surface area contributed by atoms with Gasteiger partial charge in [0, 0.05) is 12.6 Å². The van der Waals surface area contributed by atoms with Gasteiger partial charge in [-0.2, -0.15) is 0 Å². The molecule has 2 aromatic carbocycles. The topological polar surface area (TPSA) is 74.2 Å².